The number of fused-ring (bicyclic) bond motifs is 1. The predicted octanol–water partition coefficient (Wildman–Crippen LogP) is 6.46. The Bertz CT molecular complexity index is 1440. The Morgan fingerprint density at radius 2 is 1.74 bits per heavy atom. The standard InChI is InChI=1S/C29H23F4NO4/c30-24-13-17(7-10-23(24)29(31,32)33)15-34-26(36)21-9-8-18(20-6-2-1-5-19(20)16-35)14-22(21)25(27(37)38)28(34)11-3-4-12-28/h1-2,5-10,13-14,16,25H,3-4,11-12,15H2,(H,37,38). The second-order valence-electron chi connectivity index (χ2n) is 9.79. The van der Waals surface area contributed by atoms with Crippen LogP contribution in [0.2, 0.25) is 0 Å². The summed E-state index contributed by atoms with van der Waals surface area (Å²) in [6.07, 6.45) is -2.06. The number of carboxylic acids is 1. The summed E-state index contributed by atoms with van der Waals surface area (Å²) in [7, 11) is 0. The molecule has 1 atom stereocenters. The van der Waals surface area contributed by atoms with Crippen molar-refractivity contribution in [2.24, 2.45) is 0 Å². The van der Waals surface area contributed by atoms with Gasteiger partial charge in [-0.05, 0) is 59.4 Å². The second-order valence-corrected chi connectivity index (χ2v) is 9.79. The van der Waals surface area contributed by atoms with Crippen LogP contribution >= 0.6 is 0 Å². The van der Waals surface area contributed by atoms with Gasteiger partial charge in [0.05, 0.1) is 11.1 Å². The van der Waals surface area contributed by atoms with Crippen LogP contribution in [0, 0.1) is 5.82 Å². The quantitative estimate of drug-likeness (QED) is 0.307. The zero-order valence-electron chi connectivity index (χ0n) is 20.1. The summed E-state index contributed by atoms with van der Waals surface area (Å²) in [6, 6.07) is 14.2. The summed E-state index contributed by atoms with van der Waals surface area (Å²) in [5.41, 5.74) is -0.285. The average Bonchev–Trinajstić information content (AvgIpc) is 3.35. The minimum Gasteiger partial charge on any atom is -0.481 e. The number of hydrogen-bond acceptors (Lipinski definition) is 3. The molecule has 1 amide bonds. The lowest BCUT2D eigenvalue weighted by Crippen LogP contribution is -2.58. The van der Waals surface area contributed by atoms with E-state index in [2.05, 4.69) is 0 Å². The summed E-state index contributed by atoms with van der Waals surface area (Å²) < 4.78 is 53.5. The molecule has 1 aliphatic heterocycles. The zero-order valence-corrected chi connectivity index (χ0v) is 20.1. The van der Waals surface area contributed by atoms with Crippen LogP contribution in [0.15, 0.2) is 60.7 Å². The Labute approximate surface area is 215 Å². The molecule has 1 unspecified atom stereocenters. The SMILES string of the molecule is O=Cc1ccccc1-c1ccc2c(c1)C(C(=O)O)C1(CCCC1)N(Cc1ccc(C(F)(F)F)c(F)c1)C2=O. The Morgan fingerprint density at radius 3 is 2.37 bits per heavy atom. The van der Waals surface area contributed by atoms with Gasteiger partial charge < -0.3 is 10.0 Å². The van der Waals surface area contributed by atoms with E-state index in [1.165, 1.54) is 11.0 Å². The highest BCUT2D eigenvalue weighted by Crippen LogP contribution is 2.51. The van der Waals surface area contributed by atoms with Crippen LogP contribution in [0.5, 0.6) is 0 Å². The molecule has 2 aliphatic rings. The monoisotopic (exact) mass is 525 g/mol. The number of halogens is 4. The molecule has 196 valence electrons. The highest BCUT2D eigenvalue weighted by Gasteiger charge is 2.56. The highest BCUT2D eigenvalue weighted by molar-refractivity contribution is 6.02. The first-order valence-corrected chi connectivity index (χ1v) is 12.2. The van der Waals surface area contributed by atoms with Crippen molar-refractivity contribution in [2.45, 2.75) is 49.9 Å². The van der Waals surface area contributed by atoms with Gasteiger partial charge in [0, 0.05) is 17.7 Å². The van der Waals surface area contributed by atoms with E-state index in [4.69, 9.17) is 0 Å². The van der Waals surface area contributed by atoms with Crippen LogP contribution in [0.3, 0.4) is 0 Å². The first-order valence-electron chi connectivity index (χ1n) is 12.2. The van der Waals surface area contributed by atoms with Crippen molar-refractivity contribution in [3.05, 3.63) is 94.3 Å². The van der Waals surface area contributed by atoms with E-state index >= 15 is 0 Å². The highest BCUT2D eigenvalue weighted by atomic mass is 19.4. The van der Waals surface area contributed by atoms with E-state index in [0.29, 0.717) is 60.3 Å². The van der Waals surface area contributed by atoms with Crippen LogP contribution in [-0.4, -0.2) is 33.7 Å². The largest absolute Gasteiger partial charge is 0.481 e. The lowest BCUT2D eigenvalue weighted by atomic mass is 9.70. The molecule has 1 aliphatic carbocycles. The number of hydrogen-bond donors (Lipinski definition) is 1. The lowest BCUT2D eigenvalue weighted by Gasteiger charge is -2.49. The van der Waals surface area contributed by atoms with Crippen LogP contribution in [0.25, 0.3) is 11.1 Å². The van der Waals surface area contributed by atoms with Gasteiger partial charge in [0.15, 0.2) is 6.29 Å². The first-order chi connectivity index (χ1) is 18.1. The van der Waals surface area contributed by atoms with E-state index in [9.17, 15) is 37.1 Å². The number of carbonyl (C=O) groups is 3. The molecule has 1 heterocycles. The second kappa shape index (κ2) is 9.38. The molecule has 5 nitrogen and oxygen atoms in total. The van der Waals surface area contributed by atoms with Crippen LogP contribution < -0.4 is 0 Å². The summed E-state index contributed by atoms with van der Waals surface area (Å²) in [5, 5.41) is 10.4. The fourth-order valence-corrected chi connectivity index (χ4v) is 6.03. The van der Waals surface area contributed by atoms with Crippen molar-refractivity contribution in [3.63, 3.8) is 0 Å². The molecule has 9 heteroatoms. The number of amides is 1. The van der Waals surface area contributed by atoms with Gasteiger partial charge in [-0.2, -0.15) is 13.2 Å². The molecule has 0 bridgehead atoms. The molecule has 1 fully saturated rings. The van der Waals surface area contributed by atoms with Crippen LogP contribution in [0.4, 0.5) is 17.6 Å². The van der Waals surface area contributed by atoms with Gasteiger partial charge in [0.1, 0.15) is 11.7 Å². The molecule has 3 aromatic carbocycles. The minimum absolute atomic E-state index is 0.138. The van der Waals surface area contributed by atoms with Gasteiger partial charge in [-0.25, -0.2) is 4.39 Å². The first kappa shape index (κ1) is 25.6. The topological polar surface area (TPSA) is 74.7 Å². The number of rotatable bonds is 5. The van der Waals surface area contributed by atoms with Crippen molar-refractivity contribution < 1.29 is 37.1 Å². The molecule has 1 N–H and O–H groups in total. The van der Waals surface area contributed by atoms with Gasteiger partial charge in [-0.3, -0.25) is 14.4 Å². The number of aldehydes is 1. The van der Waals surface area contributed by atoms with Crippen molar-refractivity contribution in [1.82, 2.24) is 4.90 Å². The Morgan fingerprint density at radius 1 is 1.03 bits per heavy atom. The third-order valence-corrected chi connectivity index (χ3v) is 7.71. The van der Waals surface area contributed by atoms with Gasteiger partial charge in [-0.1, -0.05) is 49.2 Å². The Hall–Kier alpha value is -4.01. The van der Waals surface area contributed by atoms with E-state index < -0.39 is 40.9 Å². The molecule has 0 aromatic heterocycles. The van der Waals surface area contributed by atoms with Crippen LogP contribution in [0.1, 0.15) is 69.0 Å². The molecule has 5 rings (SSSR count). The molecule has 0 saturated heterocycles. The molecule has 38 heavy (non-hydrogen) atoms. The molecule has 3 aromatic rings. The van der Waals surface area contributed by atoms with Gasteiger partial charge >= 0.3 is 12.1 Å². The number of nitrogens with zero attached hydrogens (tertiary/aromatic N) is 1. The zero-order chi connectivity index (χ0) is 27.2. The molecular weight excluding hydrogens is 502 g/mol. The Balaban J connectivity index is 1.63. The molecular formula is C29H23F4NO4. The van der Waals surface area contributed by atoms with Gasteiger partial charge in [-0.15, -0.1) is 0 Å². The maximum Gasteiger partial charge on any atom is 0.419 e. The van der Waals surface area contributed by atoms with E-state index in [0.717, 1.165) is 12.1 Å². The molecule has 1 saturated carbocycles. The van der Waals surface area contributed by atoms with Crippen molar-refractivity contribution in [1.29, 1.82) is 0 Å². The summed E-state index contributed by atoms with van der Waals surface area (Å²) >= 11 is 0. The minimum atomic E-state index is -4.86. The predicted molar refractivity (Wildman–Crippen MR) is 130 cm³/mol. The summed E-state index contributed by atoms with van der Waals surface area (Å²) in [4.78, 5) is 39.6. The normalized spacial score (nSPS) is 18.5. The van der Waals surface area contributed by atoms with E-state index in [1.54, 1.807) is 36.4 Å². The third-order valence-electron chi connectivity index (χ3n) is 7.71. The Kier molecular flexibility index (Phi) is 6.33. The van der Waals surface area contributed by atoms with Crippen molar-refractivity contribution in [2.75, 3.05) is 0 Å². The third kappa shape index (κ3) is 4.15. The summed E-state index contributed by atoms with van der Waals surface area (Å²) in [5.74, 6) is -4.16. The van der Waals surface area contributed by atoms with E-state index in [1.807, 2.05) is 0 Å². The fraction of sp³-hybridized carbons (Fsp3) is 0.276. The molecule has 0 radical (unpaired) electrons. The summed E-state index contributed by atoms with van der Waals surface area (Å²) in [6.45, 7) is -0.229. The number of aliphatic carboxylic acids is 1. The van der Waals surface area contributed by atoms with Gasteiger partial charge in [0.2, 0.25) is 0 Å². The van der Waals surface area contributed by atoms with E-state index in [-0.39, 0.29) is 17.7 Å². The van der Waals surface area contributed by atoms with Crippen molar-refractivity contribution >= 4 is 18.2 Å². The lowest BCUT2D eigenvalue weighted by molar-refractivity contribution is -0.143. The molecule has 1 spiro atoms. The van der Waals surface area contributed by atoms with Gasteiger partial charge in [0.25, 0.3) is 5.91 Å². The maximum absolute atomic E-state index is 14.3. The number of benzene rings is 3. The van der Waals surface area contributed by atoms with Crippen LogP contribution in [-0.2, 0) is 17.5 Å². The fourth-order valence-electron chi connectivity index (χ4n) is 6.03. The average molecular weight is 525 g/mol. The smallest absolute Gasteiger partial charge is 0.419 e. The maximum atomic E-state index is 14.3. The number of carbonyl (C=O) groups excluding carboxylic acids is 2. The number of alkyl halides is 3. The number of carboxylic acid groups (broad SMARTS) is 1. The van der Waals surface area contributed by atoms with Crippen molar-refractivity contribution in [3.8, 4) is 11.1 Å².